The van der Waals surface area contributed by atoms with Gasteiger partial charge in [0.05, 0.1) is 11.0 Å². The van der Waals surface area contributed by atoms with E-state index < -0.39 is 11.0 Å². The Morgan fingerprint density at radius 2 is 2.12 bits per heavy atom. The number of aliphatic hydroxyl groups is 1. The van der Waals surface area contributed by atoms with Crippen molar-refractivity contribution in [3.05, 3.63) is 28.3 Å². The van der Waals surface area contributed by atoms with E-state index in [9.17, 15) is 15.2 Å². The zero-order chi connectivity index (χ0) is 13.0. The summed E-state index contributed by atoms with van der Waals surface area (Å²) in [6, 6.07) is 4.38. The molecule has 1 rings (SSSR count). The molecule has 0 heterocycles. The molecule has 0 bridgehead atoms. The van der Waals surface area contributed by atoms with Crippen LogP contribution in [0.15, 0.2) is 18.2 Å². The number of nitro groups is 1. The van der Waals surface area contributed by atoms with Gasteiger partial charge < -0.3 is 16.2 Å². The Balaban J connectivity index is 2.80. The fourth-order valence-electron chi connectivity index (χ4n) is 1.68. The van der Waals surface area contributed by atoms with Crippen LogP contribution in [0.1, 0.15) is 20.3 Å². The van der Waals surface area contributed by atoms with Crippen molar-refractivity contribution in [2.45, 2.75) is 32.4 Å². The Morgan fingerprint density at radius 3 is 2.65 bits per heavy atom. The number of non-ortho nitro benzene ring substituents is 1. The Hall–Kier alpha value is -1.82. The summed E-state index contributed by atoms with van der Waals surface area (Å²) < 4.78 is 0. The van der Waals surface area contributed by atoms with Gasteiger partial charge in [0.25, 0.3) is 5.69 Å². The molecule has 94 valence electrons. The second kappa shape index (κ2) is 5.49. The third-order valence-electron chi connectivity index (χ3n) is 2.26. The summed E-state index contributed by atoms with van der Waals surface area (Å²) in [6.45, 7) is 3.59. The molecule has 0 spiro atoms. The lowest BCUT2D eigenvalue weighted by molar-refractivity contribution is -0.384. The van der Waals surface area contributed by atoms with Gasteiger partial charge in [-0.15, -0.1) is 0 Å². The van der Waals surface area contributed by atoms with Gasteiger partial charge in [-0.1, -0.05) is 0 Å². The Morgan fingerprint density at radius 1 is 1.47 bits per heavy atom. The predicted molar refractivity (Wildman–Crippen MR) is 66.9 cm³/mol. The van der Waals surface area contributed by atoms with Crippen LogP contribution in [0.3, 0.4) is 0 Å². The van der Waals surface area contributed by atoms with Crippen LogP contribution in [0.5, 0.6) is 0 Å². The van der Waals surface area contributed by atoms with Crippen LogP contribution < -0.4 is 11.1 Å². The van der Waals surface area contributed by atoms with Gasteiger partial charge in [-0.2, -0.15) is 0 Å². The van der Waals surface area contributed by atoms with Crippen LogP contribution in [-0.4, -0.2) is 22.2 Å². The molecule has 0 aliphatic heterocycles. The summed E-state index contributed by atoms with van der Waals surface area (Å²) in [5, 5.41) is 22.9. The minimum atomic E-state index is -0.485. The van der Waals surface area contributed by atoms with E-state index in [1.54, 1.807) is 13.0 Å². The molecule has 0 aliphatic carbocycles. The molecular weight excluding hydrogens is 222 g/mol. The zero-order valence-electron chi connectivity index (χ0n) is 9.88. The van der Waals surface area contributed by atoms with Crippen molar-refractivity contribution in [2.75, 3.05) is 11.1 Å². The van der Waals surface area contributed by atoms with Crippen molar-refractivity contribution in [3.63, 3.8) is 0 Å². The van der Waals surface area contributed by atoms with Gasteiger partial charge >= 0.3 is 0 Å². The van der Waals surface area contributed by atoms with Crippen LogP contribution in [-0.2, 0) is 0 Å². The van der Waals surface area contributed by atoms with Crippen LogP contribution in [0.2, 0.25) is 0 Å². The Labute approximate surface area is 99.6 Å². The highest BCUT2D eigenvalue weighted by Gasteiger charge is 2.11. The number of nitrogens with two attached hydrogens (primary N) is 1. The van der Waals surface area contributed by atoms with E-state index in [0.29, 0.717) is 17.8 Å². The highest BCUT2D eigenvalue weighted by Crippen LogP contribution is 2.23. The van der Waals surface area contributed by atoms with Gasteiger partial charge in [-0.3, -0.25) is 10.1 Å². The van der Waals surface area contributed by atoms with E-state index in [4.69, 9.17) is 5.73 Å². The topological polar surface area (TPSA) is 101 Å². The maximum Gasteiger partial charge on any atom is 0.273 e. The molecule has 0 saturated carbocycles. The summed E-state index contributed by atoms with van der Waals surface area (Å²) in [7, 11) is 0. The van der Waals surface area contributed by atoms with E-state index in [1.807, 2.05) is 6.92 Å². The first-order chi connectivity index (χ1) is 7.88. The first-order valence-corrected chi connectivity index (χ1v) is 5.38. The highest BCUT2D eigenvalue weighted by atomic mass is 16.6. The molecule has 2 atom stereocenters. The van der Waals surface area contributed by atoms with Gasteiger partial charge in [0.15, 0.2) is 0 Å². The number of rotatable bonds is 5. The number of hydrogen-bond acceptors (Lipinski definition) is 5. The van der Waals surface area contributed by atoms with E-state index in [1.165, 1.54) is 12.1 Å². The average Bonchev–Trinajstić information content (AvgIpc) is 2.14. The van der Waals surface area contributed by atoms with Crippen molar-refractivity contribution in [3.8, 4) is 0 Å². The molecule has 4 N–H and O–H groups in total. The Kier molecular flexibility index (Phi) is 4.28. The second-order valence-corrected chi connectivity index (χ2v) is 4.20. The van der Waals surface area contributed by atoms with Gasteiger partial charge in [-0.25, -0.2) is 0 Å². The number of nitro benzene ring substituents is 1. The molecular formula is C11H17N3O3. The SMILES string of the molecule is CC(O)CC(C)Nc1cc(N)cc([N+](=O)[O-])c1. The second-order valence-electron chi connectivity index (χ2n) is 4.20. The van der Waals surface area contributed by atoms with Crippen molar-refractivity contribution in [1.82, 2.24) is 0 Å². The molecule has 17 heavy (non-hydrogen) atoms. The number of benzene rings is 1. The maximum absolute atomic E-state index is 10.7. The first-order valence-electron chi connectivity index (χ1n) is 5.38. The van der Waals surface area contributed by atoms with Crippen molar-refractivity contribution in [1.29, 1.82) is 0 Å². The van der Waals surface area contributed by atoms with Gasteiger partial charge in [0.1, 0.15) is 0 Å². The molecule has 0 aliphatic rings. The van der Waals surface area contributed by atoms with Gasteiger partial charge in [0.2, 0.25) is 0 Å². The monoisotopic (exact) mass is 239 g/mol. The minimum absolute atomic E-state index is 0.0106. The standard InChI is InChI=1S/C11H17N3O3/c1-7(3-8(2)15)13-10-4-9(12)5-11(6-10)14(16)17/h4-8,13,15H,3,12H2,1-2H3. The van der Waals surface area contributed by atoms with Gasteiger partial charge in [0, 0.05) is 29.5 Å². The molecule has 0 fully saturated rings. The number of nitrogens with zero attached hydrogens (tertiary/aromatic N) is 1. The largest absolute Gasteiger partial charge is 0.398 e. The quantitative estimate of drug-likeness (QED) is 0.413. The van der Waals surface area contributed by atoms with Crippen LogP contribution in [0, 0.1) is 10.1 Å². The molecule has 1 aromatic rings. The molecule has 1 aromatic carbocycles. The van der Waals surface area contributed by atoms with Crippen molar-refractivity contribution >= 4 is 17.1 Å². The average molecular weight is 239 g/mol. The molecule has 6 nitrogen and oxygen atoms in total. The maximum atomic E-state index is 10.7. The number of nitrogens with one attached hydrogen (secondary N) is 1. The third kappa shape index (κ3) is 4.28. The summed E-state index contributed by atoms with van der Waals surface area (Å²) >= 11 is 0. The summed E-state index contributed by atoms with van der Waals surface area (Å²) in [5.74, 6) is 0. The molecule has 0 amide bonds. The molecule has 0 radical (unpaired) electrons. The molecule has 2 unspecified atom stereocenters. The van der Waals surface area contributed by atoms with E-state index in [2.05, 4.69) is 5.32 Å². The summed E-state index contributed by atoms with van der Waals surface area (Å²) in [4.78, 5) is 10.2. The lowest BCUT2D eigenvalue weighted by Gasteiger charge is -2.16. The number of hydrogen-bond donors (Lipinski definition) is 3. The predicted octanol–water partition coefficient (Wildman–Crippen LogP) is 1.75. The number of anilines is 2. The van der Waals surface area contributed by atoms with E-state index in [0.717, 1.165) is 0 Å². The molecule has 6 heteroatoms. The van der Waals surface area contributed by atoms with E-state index in [-0.39, 0.29) is 11.7 Å². The highest BCUT2D eigenvalue weighted by molar-refractivity contribution is 5.61. The molecule has 0 saturated heterocycles. The molecule has 0 aromatic heterocycles. The van der Waals surface area contributed by atoms with E-state index >= 15 is 0 Å². The fourth-order valence-corrected chi connectivity index (χ4v) is 1.68. The normalized spacial score (nSPS) is 14.1. The summed E-state index contributed by atoms with van der Waals surface area (Å²) in [6.07, 6.45) is 0.135. The van der Waals surface area contributed by atoms with Crippen molar-refractivity contribution < 1.29 is 10.0 Å². The summed E-state index contributed by atoms with van der Waals surface area (Å²) in [5.41, 5.74) is 6.46. The zero-order valence-corrected chi connectivity index (χ0v) is 9.88. The number of aliphatic hydroxyl groups excluding tert-OH is 1. The fraction of sp³-hybridized carbons (Fsp3) is 0.455. The number of nitrogen functional groups attached to an aromatic ring is 1. The van der Waals surface area contributed by atoms with Crippen molar-refractivity contribution in [2.24, 2.45) is 0 Å². The van der Waals surface area contributed by atoms with Crippen LogP contribution in [0.4, 0.5) is 17.1 Å². The lowest BCUT2D eigenvalue weighted by Crippen LogP contribution is -2.20. The van der Waals surface area contributed by atoms with Crippen LogP contribution >= 0.6 is 0 Å². The minimum Gasteiger partial charge on any atom is -0.398 e. The van der Waals surface area contributed by atoms with Crippen LogP contribution in [0.25, 0.3) is 0 Å². The van der Waals surface area contributed by atoms with Gasteiger partial charge in [-0.05, 0) is 26.3 Å². The first kappa shape index (κ1) is 13.2. The smallest absolute Gasteiger partial charge is 0.273 e. The Bertz CT molecular complexity index is 407. The third-order valence-corrected chi connectivity index (χ3v) is 2.26. The lowest BCUT2D eigenvalue weighted by atomic mass is 10.1.